The van der Waals surface area contributed by atoms with Gasteiger partial charge in [-0.25, -0.2) is 0 Å². The molecule has 26 heavy (non-hydrogen) atoms. The van der Waals surface area contributed by atoms with Crippen LogP contribution >= 0.6 is 11.3 Å². The molecular weight excluding hydrogens is 361 g/mol. The van der Waals surface area contributed by atoms with E-state index in [9.17, 15) is 18.0 Å². The van der Waals surface area contributed by atoms with E-state index >= 15 is 0 Å². The van der Waals surface area contributed by atoms with E-state index in [4.69, 9.17) is 0 Å². The predicted molar refractivity (Wildman–Crippen MR) is 98.2 cm³/mol. The number of ketones is 1. The summed E-state index contributed by atoms with van der Waals surface area (Å²) in [7, 11) is 0. The van der Waals surface area contributed by atoms with Crippen molar-refractivity contribution in [3.63, 3.8) is 0 Å². The molecule has 3 rings (SSSR count). The van der Waals surface area contributed by atoms with E-state index in [1.54, 1.807) is 23.1 Å². The maximum Gasteiger partial charge on any atom is 0.416 e. The van der Waals surface area contributed by atoms with Crippen molar-refractivity contribution in [2.45, 2.75) is 31.9 Å². The first kappa shape index (κ1) is 18.6. The Morgan fingerprint density at radius 3 is 2.73 bits per heavy atom. The molecule has 2 heterocycles. The number of hydrogen-bond acceptors (Lipinski definition) is 4. The van der Waals surface area contributed by atoms with E-state index in [0.717, 1.165) is 31.4 Å². The van der Waals surface area contributed by atoms with E-state index in [0.29, 0.717) is 29.4 Å². The average molecular weight is 380 g/mol. The fraction of sp³-hybridized carbons (Fsp3) is 0.368. The molecule has 138 valence electrons. The Kier molecular flexibility index (Phi) is 5.76. The van der Waals surface area contributed by atoms with Crippen LogP contribution in [0, 0.1) is 0 Å². The Balaban J connectivity index is 1.94. The number of carbonyl (C=O) groups is 1. The summed E-state index contributed by atoms with van der Waals surface area (Å²) < 4.78 is 39.3. The predicted octanol–water partition coefficient (Wildman–Crippen LogP) is 5.43. The van der Waals surface area contributed by atoms with E-state index < -0.39 is 11.7 Å². The lowest BCUT2D eigenvalue weighted by atomic mass is 10.1. The van der Waals surface area contributed by atoms with Crippen molar-refractivity contribution in [1.29, 1.82) is 0 Å². The molecule has 0 unspecified atom stereocenters. The molecule has 0 N–H and O–H groups in total. The number of aliphatic imine (C=N–C) groups is 1. The maximum atomic E-state index is 13.1. The number of halogens is 3. The number of benzene rings is 1. The van der Waals surface area contributed by atoms with Crippen molar-refractivity contribution < 1.29 is 18.0 Å². The normalized spacial score (nSPS) is 15.3. The second-order valence-corrected chi connectivity index (χ2v) is 7.09. The topological polar surface area (TPSA) is 32.7 Å². The highest BCUT2D eigenvalue weighted by Gasteiger charge is 2.31. The third-order valence-electron chi connectivity index (χ3n) is 4.25. The van der Waals surface area contributed by atoms with E-state index in [1.807, 2.05) is 5.38 Å². The van der Waals surface area contributed by atoms with Gasteiger partial charge in [0, 0.05) is 18.7 Å². The molecule has 0 atom stereocenters. The van der Waals surface area contributed by atoms with Gasteiger partial charge in [-0.2, -0.15) is 13.2 Å². The molecule has 0 bridgehead atoms. The van der Waals surface area contributed by atoms with Crippen LogP contribution in [0.1, 0.15) is 40.9 Å². The van der Waals surface area contributed by atoms with Crippen LogP contribution < -0.4 is 4.90 Å². The van der Waals surface area contributed by atoms with Crippen LogP contribution in [0.4, 0.5) is 18.9 Å². The molecule has 0 aliphatic carbocycles. The van der Waals surface area contributed by atoms with Crippen LogP contribution in [0.3, 0.4) is 0 Å². The van der Waals surface area contributed by atoms with Crippen molar-refractivity contribution in [1.82, 2.24) is 0 Å². The quantitative estimate of drug-likeness (QED) is 0.663. The summed E-state index contributed by atoms with van der Waals surface area (Å²) in [5.74, 6) is 0.566. The second-order valence-electron chi connectivity index (χ2n) is 6.14. The highest BCUT2D eigenvalue weighted by molar-refractivity contribution is 7.12. The van der Waals surface area contributed by atoms with E-state index in [1.165, 1.54) is 17.4 Å². The highest BCUT2D eigenvalue weighted by Crippen LogP contribution is 2.32. The molecule has 7 heteroatoms. The molecule has 1 aromatic heterocycles. The monoisotopic (exact) mass is 380 g/mol. The zero-order chi connectivity index (χ0) is 18.6. The minimum atomic E-state index is -4.43. The van der Waals surface area contributed by atoms with Crippen molar-refractivity contribution in [2.75, 3.05) is 18.0 Å². The molecule has 0 fully saturated rings. The lowest BCUT2D eigenvalue weighted by Crippen LogP contribution is -2.36. The standard InChI is InChI=1S/C19H19F3N2OS/c20-19(21,22)14-6-4-7-15(12-14)24(18-9-2-1-3-10-23-18)13-16(25)17-8-5-11-26-17/h4-8,11-12H,1-3,9-10,13H2. The Morgan fingerprint density at radius 1 is 1.15 bits per heavy atom. The molecule has 1 aliphatic rings. The summed E-state index contributed by atoms with van der Waals surface area (Å²) >= 11 is 1.33. The van der Waals surface area contributed by atoms with Crippen LogP contribution in [0.5, 0.6) is 0 Å². The van der Waals surface area contributed by atoms with Gasteiger partial charge in [-0.1, -0.05) is 18.6 Å². The largest absolute Gasteiger partial charge is 0.416 e. The first-order valence-electron chi connectivity index (χ1n) is 8.50. The number of anilines is 1. The Morgan fingerprint density at radius 2 is 2.00 bits per heavy atom. The number of carbonyl (C=O) groups excluding carboxylic acids is 1. The summed E-state index contributed by atoms with van der Waals surface area (Å²) in [5, 5.41) is 1.81. The maximum absolute atomic E-state index is 13.1. The van der Waals surface area contributed by atoms with Crippen LogP contribution in [0.25, 0.3) is 0 Å². The molecule has 0 spiro atoms. The molecule has 0 amide bonds. The van der Waals surface area contributed by atoms with Gasteiger partial charge in [0.15, 0.2) is 5.78 Å². The molecule has 3 nitrogen and oxygen atoms in total. The van der Waals surface area contributed by atoms with Crippen LogP contribution in [-0.2, 0) is 6.18 Å². The van der Waals surface area contributed by atoms with Crippen LogP contribution in [0.2, 0.25) is 0 Å². The van der Waals surface area contributed by atoms with Gasteiger partial charge < -0.3 is 4.90 Å². The summed E-state index contributed by atoms with van der Waals surface area (Å²) in [6, 6.07) is 8.62. The molecule has 1 aromatic carbocycles. The van der Waals surface area contributed by atoms with Gasteiger partial charge in [-0.05, 0) is 42.5 Å². The van der Waals surface area contributed by atoms with Crippen LogP contribution in [0.15, 0.2) is 46.8 Å². The third-order valence-corrected chi connectivity index (χ3v) is 5.16. The first-order valence-corrected chi connectivity index (χ1v) is 9.38. The number of nitrogens with zero attached hydrogens (tertiary/aromatic N) is 2. The van der Waals surface area contributed by atoms with Crippen molar-refractivity contribution in [3.8, 4) is 0 Å². The number of amidine groups is 1. The number of alkyl halides is 3. The van der Waals surface area contributed by atoms with Gasteiger partial charge in [0.1, 0.15) is 5.84 Å². The second kappa shape index (κ2) is 8.03. The number of rotatable bonds is 4. The molecule has 0 radical (unpaired) electrons. The zero-order valence-corrected chi connectivity index (χ0v) is 14.9. The number of Topliss-reactive ketones (excluding diaryl/α,β-unsaturated/α-hetero) is 1. The average Bonchev–Trinajstić information content (AvgIpc) is 3.02. The van der Waals surface area contributed by atoms with Gasteiger partial charge in [-0.15, -0.1) is 11.3 Å². The Labute approximate surface area is 154 Å². The van der Waals surface area contributed by atoms with Gasteiger partial charge in [0.2, 0.25) is 0 Å². The van der Waals surface area contributed by atoms with Gasteiger partial charge in [0.05, 0.1) is 17.0 Å². The molecule has 0 saturated heterocycles. The fourth-order valence-corrected chi connectivity index (χ4v) is 3.58. The summed E-state index contributed by atoms with van der Waals surface area (Å²) in [6.07, 6.45) is -0.860. The number of hydrogen-bond donors (Lipinski definition) is 0. The Bertz CT molecular complexity index is 784. The van der Waals surface area contributed by atoms with Crippen LogP contribution in [-0.4, -0.2) is 24.7 Å². The molecule has 2 aromatic rings. The first-order chi connectivity index (χ1) is 12.4. The van der Waals surface area contributed by atoms with Crippen molar-refractivity contribution in [3.05, 3.63) is 52.2 Å². The fourth-order valence-electron chi connectivity index (χ4n) is 2.92. The van der Waals surface area contributed by atoms with Gasteiger partial charge in [-0.3, -0.25) is 9.79 Å². The molecular formula is C19H19F3N2OS. The Hall–Kier alpha value is -2.15. The van der Waals surface area contributed by atoms with E-state index in [-0.39, 0.29) is 12.3 Å². The zero-order valence-electron chi connectivity index (χ0n) is 14.1. The lowest BCUT2D eigenvalue weighted by molar-refractivity contribution is -0.137. The highest BCUT2D eigenvalue weighted by atomic mass is 32.1. The summed E-state index contributed by atoms with van der Waals surface area (Å²) in [6.45, 7) is 0.624. The summed E-state index contributed by atoms with van der Waals surface area (Å²) in [4.78, 5) is 19.4. The molecule has 1 aliphatic heterocycles. The third kappa shape index (κ3) is 4.52. The minimum absolute atomic E-state index is 0.0132. The summed E-state index contributed by atoms with van der Waals surface area (Å²) in [5.41, 5.74) is -0.372. The van der Waals surface area contributed by atoms with Crippen molar-refractivity contribution >= 4 is 28.6 Å². The SMILES string of the molecule is O=C(CN(C1=NCCCCC1)c1cccc(C(F)(F)F)c1)c1cccs1. The van der Waals surface area contributed by atoms with Gasteiger partial charge in [0.25, 0.3) is 0 Å². The lowest BCUT2D eigenvalue weighted by Gasteiger charge is -2.26. The molecule has 0 saturated carbocycles. The number of thiophene rings is 1. The minimum Gasteiger partial charge on any atom is -0.322 e. The van der Waals surface area contributed by atoms with Gasteiger partial charge >= 0.3 is 6.18 Å². The van der Waals surface area contributed by atoms with E-state index in [2.05, 4.69) is 4.99 Å². The van der Waals surface area contributed by atoms with Crippen molar-refractivity contribution in [2.24, 2.45) is 4.99 Å². The smallest absolute Gasteiger partial charge is 0.322 e.